The van der Waals surface area contributed by atoms with E-state index in [1.165, 1.54) is 4.90 Å². The van der Waals surface area contributed by atoms with E-state index in [0.29, 0.717) is 35.5 Å². The maximum Gasteiger partial charge on any atom is 0.278 e. The van der Waals surface area contributed by atoms with E-state index in [9.17, 15) is 9.59 Å². The van der Waals surface area contributed by atoms with Crippen molar-refractivity contribution in [1.82, 2.24) is 9.80 Å². The molecule has 2 aliphatic heterocycles. The Labute approximate surface area is 195 Å². The molecule has 2 aliphatic rings. The van der Waals surface area contributed by atoms with Gasteiger partial charge in [-0.2, -0.15) is 0 Å². The Bertz CT molecular complexity index is 1070. The molecule has 0 radical (unpaired) electrons. The number of carbonyl (C=O) groups excluding carboxylic acids is 2. The van der Waals surface area contributed by atoms with E-state index >= 15 is 0 Å². The van der Waals surface area contributed by atoms with Crippen LogP contribution in [0.2, 0.25) is 0 Å². The van der Waals surface area contributed by atoms with Crippen LogP contribution >= 0.6 is 0 Å². The number of para-hydroxylation sites is 1. The molecule has 0 atom stereocenters. The average Bonchev–Trinajstić information content (AvgIpc) is 3.06. The van der Waals surface area contributed by atoms with Crippen molar-refractivity contribution in [3.63, 3.8) is 0 Å². The van der Waals surface area contributed by atoms with Gasteiger partial charge in [-0.1, -0.05) is 30.3 Å². The van der Waals surface area contributed by atoms with Gasteiger partial charge >= 0.3 is 0 Å². The van der Waals surface area contributed by atoms with Crippen LogP contribution in [0.15, 0.2) is 48.2 Å². The summed E-state index contributed by atoms with van der Waals surface area (Å²) in [6.07, 6.45) is 0.716. The van der Waals surface area contributed by atoms with E-state index in [-0.39, 0.29) is 11.8 Å². The minimum absolute atomic E-state index is 0.292. The van der Waals surface area contributed by atoms with E-state index in [4.69, 9.17) is 9.47 Å². The van der Waals surface area contributed by atoms with Gasteiger partial charge in [0, 0.05) is 37.4 Å². The van der Waals surface area contributed by atoms with Crippen molar-refractivity contribution < 1.29 is 19.1 Å². The van der Waals surface area contributed by atoms with E-state index in [1.807, 2.05) is 50.2 Å². The summed E-state index contributed by atoms with van der Waals surface area (Å²) in [6.45, 7) is 8.43. The van der Waals surface area contributed by atoms with E-state index in [0.717, 1.165) is 49.7 Å². The number of carbonyl (C=O) groups is 2. The molecular formula is C26H31N3O4. The predicted molar refractivity (Wildman–Crippen MR) is 128 cm³/mol. The highest BCUT2D eigenvalue weighted by Crippen LogP contribution is 2.36. The van der Waals surface area contributed by atoms with Crippen LogP contribution in [0.4, 0.5) is 5.69 Å². The van der Waals surface area contributed by atoms with Crippen LogP contribution in [0.1, 0.15) is 23.1 Å². The highest BCUT2D eigenvalue weighted by molar-refractivity contribution is 6.37. The summed E-state index contributed by atoms with van der Waals surface area (Å²) in [6, 6.07) is 13.2. The van der Waals surface area contributed by atoms with Crippen LogP contribution in [0.25, 0.3) is 5.57 Å². The highest BCUT2D eigenvalue weighted by Gasteiger charge is 2.40. The molecule has 33 heavy (non-hydrogen) atoms. The predicted octanol–water partition coefficient (Wildman–Crippen LogP) is 3.23. The topological polar surface area (TPSA) is 71.1 Å². The smallest absolute Gasteiger partial charge is 0.278 e. The molecule has 4 rings (SSSR count). The second-order valence-electron chi connectivity index (χ2n) is 8.39. The molecule has 2 amide bonds. The number of rotatable bonds is 8. The Morgan fingerprint density at radius 2 is 1.73 bits per heavy atom. The number of methoxy groups -OCH3 is 1. The third-order valence-electron chi connectivity index (χ3n) is 6.37. The van der Waals surface area contributed by atoms with Gasteiger partial charge in [0.2, 0.25) is 0 Å². The molecule has 2 aromatic carbocycles. The molecule has 7 heteroatoms. The van der Waals surface area contributed by atoms with Gasteiger partial charge in [-0.05, 0) is 43.5 Å². The van der Waals surface area contributed by atoms with Crippen molar-refractivity contribution in [2.45, 2.75) is 20.3 Å². The molecular weight excluding hydrogens is 418 g/mol. The third kappa shape index (κ3) is 4.79. The number of anilines is 1. The van der Waals surface area contributed by atoms with Gasteiger partial charge in [0.15, 0.2) is 0 Å². The second kappa shape index (κ2) is 10.2. The highest BCUT2D eigenvalue weighted by atomic mass is 16.5. The molecule has 7 nitrogen and oxygen atoms in total. The Balaban J connectivity index is 1.63. The lowest BCUT2D eigenvalue weighted by Gasteiger charge is -2.27. The van der Waals surface area contributed by atoms with Crippen LogP contribution in [-0.4, -0.2) is 68.1 Å². The number of hydrogen-bond acceptors (Lipinski definition) is 6. The number of aryl methyl sites for hydroxylation is 1. The lowest BCUT2D eigenvalue weighted by molar-refractivity contribution is -0.136. The summed E-state index contributed by atoms with van der Waals surface area (Å²) in [7, 11) is 1.57. The summed E-state index contributed by atoms with van der Waals surface area (Å²) in [5, 5.41) is 3.28. The van der Waals surface area contributed by atoms with Gasteiger partial charge in [0.1, 0.15) is 11.4 Å². The van der Waals surface area contributed by atoms with Crippen molar-refractivity contribution in [1.29, 1.82) is 0 Å². The fourth-order valence-corrected chi connectivity index (χ4v) is 4.29. The summed E-state index contributed by atoms with van der Waals surface area (Å²) >= 11 is 0. The summed E-state index contributed by atoms with van der Waals surface area (Å²) < 4.78 is 10.9. The molecule has 0 aliphatic carbocycles. The Morgan fingerprint density at radius 1 is 0.970 bits per heavy atom. The van der Waals surface area contributed by atoms with E-state index in [1.54, 1.807) is 13.2 Å². The molecule has 0 bridgehead atoms. The lowest BCUT2D eigenvalue weighted by atomic mass is 10.0. The normalized spacial score (nSPS) is 17.1. The van der Waals surface area contributed by atoms with Crippen LogP contribution < -0.4 is 10.1 Å². The minimum Gasteiger partial charge on any atom is -0.496 e. The zero-order valence-electron chi connectivity index (χ0n) is 19.5. The summed E-state index contributed by atoms with van der Waals surface area (Å²) in [5.41, 5.74) is 4.22. The van der Waals surface area contributed by atoms with E-state index in [2.05, 4.69) is 10.2 Å². The largest absolute Gasteiger partial charge is 0.496 e. The number of amides is 2. The van der Waals surface area contributed by atoms with Crippen LogP contribution in [0.5, 0.6) is 5.75 Å². The second-order valence-corrected chi connectivity index (χ2v) is 8.39. The Morgan fingerprint density at radius 3 is 2.48 bits per heavy atom. The molecule has 0 saturated carbocycles. The Kier molecular flexibility index (Phi) is 7.11. The number of imide groups is 1. The third-order valence-corrected chi connectivity index (χ3v) is 6.37. The maximum atomic E-state index is 13.5. The van der Waals surface area contributed by atoms with E-state index < -0.39 is 0 Å². The number of ether oxygens (including phenoxy) is 2. The molecule has 0 aromatic heterocycles. The Hall–Kier alpha value is -3.16. The van der Waals surface area contributed by atoms with Crippen molar-refractivity contribution in [2.24, 2.45) is 0 Å². The number of hydrogen-bond donors (Lipinski definition) is 1. The quantitative estimate of drug-likeness (QED) is 0.624. The van der Waals surface area contributed by atoms with Gasteiger partial charge in [-0.25, -0.2) is 0 Å². The van der Waals surface area contributed by atoms with Crippen molar-refractivity contribution in [2.75, 3.05) is 51.8 Å². The van der Waals surface area contributed by atoms with Crippen molar-refractivity contribution >= 4 is 23.1 Å². The van der Waals surface area contributed by atoms with Crippen molar-refractivity contribution in [3.05, 3.63) is 64.9 Å². The maximum absolute atomic E-state index is 13.5. The molecule has 174 valence electrons. The minimum atomic E-state index is -0.302. The number of nitrogens with one attached hydrogen (secondary N) is 1. The van der Waals surface area contributed by atoms with Crippen molar-refractivity contribution in [3.8, 4) is 5.75 Å². The standard InChI is InChI=1S/C26H31N3O4/c1-18-8-6-10-21(19(18)2)27-24-23(20-9-4-5-11-22(20)32-3)25(30)29(26(24)31)13-7-12-28-14-16-33-17-15-28/h4-6,8-11,27H,7,12-17H2,1-3H3. The fourth-order valence-electron chi connectivity index (χ4n) is 4.29. The lowest BCUT2D eigenvalue weighted by Crippen LogP contribution is -2.39. The number of benzene rings is 2. The number of morpholine rings is 1. The molecule has 2 heterocycles. The molecule has 1 N–H and O–H groups in total. The molecule has 1 saturated heterocycles. The van der Waals surface area contributed by atoms with Gasteiger partial charge in [0.25, 0.3) is 11.8 Å². The van der Waals surface area contributed by atoms with Gasteiger partial charge in [0.05, 0.1) is 25.9 Å². The number of nitrogens with zero attached hydrogens (tertiary/aromatic N) is 2. The van der Waals surface area contributed by atoms with Gasteiger partial charge < -0.3 is 14.8 Å². The molecule has 0 unspecified atom stereocenters. The average molecular weight is 450 g/mol. The monoisotopic (exact) mass is 449 g/mol. The van der Waals surface area contributed by atoms with Crippen LogP contribution in [0.3, 0.4) is 0 Å². The SMILES string of the molecule is COc1ccccc1C1=C(Nc2cccc(C)c2C)C(=O)N(CCCN2CCOCC2)C1=O. The first-order valence-corrected chi connectivity index (χ1v) is 11.4. The van der Waals surface area contributed by atoms with Gasteiger partial charge in [-0.3, -0.25) is 19.4 Å². The zero-order chi connectivity index (χ0) is 23.4. The molecule has 1 fully saturated rings. The summed E-state index contributed by atoms with van der Waals surface area (Å²) in [4.78, 5) is 30.7. The first kappa shape index (κ1) is 23.0. The molecule has 2 aromatic rings. The first-order valence-electron chi connectivity index (χ1n) is 11.4. The van der Waals surface area contributed by atoms with Gasteiger partial charge in [-0.15, -0.1) is 0 Å². The zero-order valence-corrected chi connectivity index (χ0v) is 19.5. The van der Waals surface area contributed by atoms with Crippen LogP contribution in [0, 0.1) is 13.8 Å². The molecule has 0 spiro atoms. The van der Waals surface area contributed by atoms with Crippen LogP contribution in [-0.2, 0) is 14.3 Å². The fraction of sp³-hybridized carbons (Fsp3) is 0.385. The summed E-state index contributed by atoms with van der Waals surface area (Å²) in [5.74, 6) is -0.0350. The first-order chi connectivity index (χ1) is 16.0.